The van der Waals surface area contributed by atoms with Crippen LogP contribution < -0.4 is 0 Å². The molecule has 126 valence electrons. The molecule has 2 aliphatic carbocycles. The van der Waals surface area contributed by atoms with Gasteiger partial charge in [-0.1, -0.05) is 0 Å². The Bertz CT molecular complexity index is 606. The number of carboxylic acid groups (broad SMARTS) is 1. The zero-order valence-corrected chi connectivity index (χ0v) is 14.1. The van der Waals surface area contributed by atoms with Crippen LogP contribution in [-0.4, -0.2) is 38.8 Å². The Kier molecular flexibility index (Phi) is 3.71. The quantitative estimate of drug-likeness (QED) is 0.930. The van der Waals surface area contributed by atoms with Crippen molar-refractivity contribution in [3.05, 3.63) is 17.0 Å². The van der Waals surface area contributed by atoms with Crippen LogP contribution in [0.15, 0.2) is 0 Å². The molecule has 0 amide bonds. The van der Waals surface area contributed by atoms with Gasteiger partial charge in [-0.15, -0.1) is 0 Å². The summed E-state index contributed by atoms with van der Waals surface area (Å²) >= 11 is 0. The second-order valence-electron chi connectivity index (χ2n) is 7.92. The van der Waals surface area contributed by atoms with Crippen molar-refractivity contribution >= 4 is 5.97 Å². The lowest BCUT2D eigenvalue weighted by Crippen LogP contribution is -2.48. The molecule has 0 aromatic carbocycles. The molecule has 1 saturated heterocycles. The molecule has 1 N–H and O–H groups in total. The van der Waals surface area contributed by atoms with Crippen molar-refractivity contribution in [1.82, 2.24) is 14.7 Å². The van der Waals surface area contributed by atoms with E-state index in [1.165, 1.54) is 36.2 Å². The molecule has 0 radical (unpaired) electrons. The number of rotatable bonds is 3. The maximum atomic E-state index is 11.0. The lowest BCUT2D eigenvalue weighted by Gasteiger charge is -2.51. The minimum Gasteiger partial charge on any atom is -0.481 e. The minimum absolute atomic E-state index is 0.0781. The van der Waals surface area contributed by atoms with Crippen LogP contribution in [0.4, 0.5) is 0 Å². The zero-order valence-electron chi connectivity index (χ0n) is 14.1. The Balaban J connectivity index is 1.37. The monoisotopic (exact) mass is 317 g/mol. The summed E-state index contributed by atoms with van der Waals surface area (Å²) in [4.78, 5) is 13.6. The number of carboxylic acids is 1. The molecule has 1 aliphatic heterocycles. The van der Waals surface area contributed by atoms with E-state index in [0.29, 0.717) is 5.41 Å². The molecule has 0 unspecified atom stereocenters. The molecular formula is C18H27N3O2. The average Bonchev–Trinajstić information content (AvgIpc) is 2.82. The van der Waals surface area contributed by atoms with Gasteiger partial charge in [0, 0.05) is 13.6 Å². The van der Waals surface area contributed by atoms with Gasteiger partial charge in [0.15, 0.2) is 0 Å². The van der Waals surface area contributed by atoms with Crippen molar-refractivity contribution in [1.29, 1.82) is 0 Å². The first-order chi connectivity index (χ1) is 11.1. The Labute approximate surface area is 137 Å². The van der Waals surface area contributed by atoms with Crippen LogP contribution in [0.1, 0.15) is 55.5 Å². The molecule has 1 saturated carbocycles. The second-order valence-corrected chi connectivity index (χ2v) is 7.92. The van der Waals surface area contributed by atoms with E-state index in [4.69, 9.17) is 10.2 Å². The van der Waals surface area contributed by atoms with Crippen LogP contribution in [0.2, 0.25) is 0 Å². The maximum Gasteiger partial charge on any atom is 0.306 e. The zero-order chi connectivity index (χ0) is 16.0. The van der Waals surface area contributed by atoms with E-state index in [-0.39, 0.29) is 5.92 Å². The first-order valence-electron chi connectivity index (χ1n) is 9.05. The summed E-state index contributed by atoms with van der Waals surface area (Å²) < 4.78 is 2.10. The highest BCUT2D eigenvalue weighted by atomic mass is 16.4. The highest BCUT2D eigenvalue weighted by molar-refractivity contribution is 5.71. The van der Waals surface area contributed by atoms with E-state index in [1.807, 2.05) is 0 Å². The Morgan fingerprint density at radius 2 is 1.96 bits per heavy atom. The van der Waals surface area contributed by atoms with Gasteiger partial charge >= 0.3 is 5.97 Å². The Morgan fingerprint density at radius 1 is 1.26 bits per heavy atom. The van der Waals surface area contributed by atoms with Gasteiger partial charge in [-0.25, -0.2) is 0 Å². The summed E-state index contributed by atoms with van der Waals surface area (Å²) in [5.41, 5.74) is 4.58. The van der Waals surface area contributed by atoms with Crippen LogP contribution >= 0.6 is 0 Å². The first-order valence-corrected chi connectivity index (χ1v) is 9.05. The van der Waals surface area contributed by atoms with Crippen molar-refractivity contribution in [2.24, 2.45) is 18.4 Å². The van der Waals surface area contributed by atoms with Gasteiger partial charge in [0.1, 0.15) is 0 Å². The number of piperidine rings is 1. The Morgan fingerprint density at radius 3 is 2.65 bits per heavy atom. The predicted molar refractivity (Wildman–Crippen MR) is 87.2 cm³/mol. The number of aliphatic carboxylic acids is 1. The second kappa shape index (κ2) is 5.62. The third kappa shape index (κ3) is 2.69. The molecule has 0 atom stereocenters. The topological polar surface area (TPSA) is 58.4 Å². The number of hydrogen-bond donors (Lipinski definition) is 1. The number of aromatic nitrogens is 2. The highest BCUT2D eigenvalue weighted by Crippen LogP contribution is 2.52. The lowest BCUT2D eigenvalue weighted by molar-refractivity contribution is -0.152. The summed E-state index contributed by atoms with van der Waals surface area (Å²) in [5, 5.41) is 13.8. The molecule has 1 aromatic heterocycles. The largest absolute Gasteiger partial charge is 0.481 e. The van der Waals surface area contributed by atoms with Crippen LogP contribution in [0.3, 0.4) is 0 Å². The molecule has 23 heavy (non-hydrogen) atoms. The standard InChI is InChI=1S/C18H27N3O2/c1-20-16(14-4-2-3-5-15(14)19-20)12-21-8-6-18(7-9-21)10-13(11-18)17(22)23/h13H,2-12H2,1H3,(H,22,23). The number of nitrogens with zero attached hydrogens (tertiary/aromatic N) is 3. The third-order valence-electron chi connectivity index (χ3n) is 6.45. The Hall–Kier alpha value is -1.36. The molecule has 2 heterocycles. The third-order valence-corrected chi connectivity index (χ3v) is 6.45. The van der Waals surface area contributed by atoms with Crippen LogP contribution in [0.5, 0.6) is 0 Å². The summed E-state index contributed by atoms with van der Waals surface area (Å²) in [7, 11) is 2.09. The van der Waals surface area contributed by atoms with Crippen molar-refractivity contribution in [3.63, 3.8) is 0 Å². The molecule has 3 aliphatic rings. The fourth-order valence-corrected chi connectivity index (χ4v) is 4.91. The van der Waals surface area contributed by atoms with E-state index in [2.05, 4.69) is 16.6 Å². The van der Waals surface area contributed by atoms with E-state index in [9.17, 15) is 4.79 Å². The summed E-state index contributed by atoms with van der Waals surface area (Å²) in [6.07, 6.45) is 9.04. The van der Waals surface area contributed by atoms with E-state index < -0.39 is 5.97 Å². The molecule has 1 aromatic rings. The fourth-order valence-electron chi connectivity index (χ4n) is 4.91. The predicted octanol–water partition coefficient (Wildman–Crippen LogP) is 2.38. The smallest absolute Gasteiger partial charge is 0.306 e. The van der Waals surface area contributed by atoms with Gasteiger partial charge in [-0.2, -0.15) is 5.10 Å². The van der Waals surface area contributed by atoms with Gasteiger partial charge in [0.05, 0.1) is 17.3 Å². The normalized spacial score (nSPS) is 24.4. The number of hydrogen-bond acceptors (Lipinski definition) is 3. The maximum absolute atomic E-state index is 11.0. The minimum atomic E-state index is -0.598. The summed E-state index contributed by atoms with van der Waals surface area (Å²) in [6, 6.07) is 0. The SMILES string of the molecule is Cn1nc2c(c1CN1CCC3(CC1)CC(C(=O)O)C3)CCCC2. The molecule has 4 rings (SSSR count). The number of likely N-dealkylation sites (tertiary alicyclic amines) is 1. The lowest BCUT2D eigenvalue weighted by atomic mass is 9.57. The molecule has 2 fully saturated rings. The molecule has 5 nitrogen and oxygen atoms in total. The van der Waals surface area contributed by atoms with E-state index >= 15 is 0 Å². The molecule has 5 heteroatoms. The highest BCUT2D eigenvalue weighted by Gasteiger charge is 2.48. The first kappa shape index (κ1) is 15.2. The number of fused-ring (bicyclic) bond motifs is 1. The van der Waals surface area contributed by atoms with E-state index in [0.717, 1.165) is 51.7 Å². The van der Waals surface area contributed by atoms with Gasteiger partial charge in [0.25, 0.3) is 0 Å². The number of aryl methyl sites for hydroxylation is 2. The summed E-state index contributed by atoms with van der Waals surface area (Å²) in [5.74, 6) is -0.676. The van der Waals surface area contributed by atoms with Gasteiger partial charge in [-0.3, -0.25) is 14.4 Å². The van der Waals surface area contributed by atoms with Gasteiger partial charge in [0.2, 0.25) is 0 Å². The van der Waals surface area contributed by atoms with Gasteiger partial charge in [-0.05, 0) is 75.4 Å². The molecular weight excluding hydrogens is 290 g/mol. The van der Waals surface area contributed by atoms with Crippen molar-refractivity contribution in [2.75, 3.05) is 13.1 Å². The molecule has 0 bridgehead atoms. The molecule has 1 spiro atoms. The van der Waals surface area contributed by atoms with Crippen molar-refractivity contribution < 1.29 is 9.90 Å². The van der Waals surface area contributed by atoms with E-state index in [1.54, 1.807) is 0 Å². The van der Waals surface area contributed by atoms with Gasteiger partial charge < -0.3 is 5.11 Å². The van der Waals surface area contributed by atoms with Crippen molar-refractivity contribution in [3.8, 4) is 0 Å². The van der Waals surface area contributed by atoms with Crippen molar-refractivity contribution in [2.45, 2.75) is 57.9 Å². The fraction of sp³-hybridized carbons (Fsp3) is 0.778. The van der Waals surface area contributed by atoms with Crippen LogP contribution in [0, 0.1) is 11.3 Å². The summed E-state index contributed by atoms with van der Waals surface area (Å²) in [6.45, 7) is 3.22. The number of carbonyl (C=O) groups is 1. The van der Waals surface area contributed by atoms with Crippen LogP contribution in [-0.2, 0) is 31.2 Å². The van der Waals surface area contributed by atoms with Crippen LogP contribution in [0.25, 0.3) is 0 Å². The average molecular weight is 317 g/mol.